The van der Waals surface area contributed by atoms with Gasteiger partial charge in [0, 0.05) is 32.9 Å². The van der Waals surface area contributed by atoms with Crippen LogP contribution in [0.15, 0.2) is 24.3 Å². The molecule has 4 N–H and O–H groups in total. The Morgan fingerprint density at radius 2 is 1.87 bits per heavy atom. The predicted octanol–water partition coefficient (Wildman–Crippen LogP) is 2.16. The van der Waals surface area contributed by atoms with E-state index in [-0.39, 0.29) is 11.9 Å². The monoisotopic (exact) mass is 320 g/mol. The number of carbonyl (C=O) groups is 2. The maximum atomic E-state index is 12.4. The van der Waals surface area contributed by atoms with Gasteiger partial charge in [-0.05, 0) is 30.5 Å². The third-order valence-corrected chi connectivity index (χ3v) is 4.26. The second kappa shape index (κ2) is 8.53. The molecule has 0 aliphatic heterocycles. The van der Waals surface area contributed by atoms with Crippen molar-refractivity contribution in [2.24, 2.45) is 11.1 Å². The molecule has 0 aliphatic rings. The highest BCUT2D eigenvalue weighted by Crippen LogP contribution is 2.25. The average molecular weight is 320 g/mol. The second-order valence-corrected chi connectivity index (χ2v) is 5.90. The minimum absolute atomic E-state index is 0.0206. The number of hydrogen-bond acceptors (Lipinski definition) is 3. The lowest BCUT2D eigenvalue weighted by molar-refractivity contribution is -0.131. The number of benzene rings is 1. The van der Waals surface area contributed by atoms with E-state index >= 15 is 0 Å². The van der Waals surface area contributed by atoms with Crippen molar-refractivity contribution in [3.63, 3.8) is 0 Å². The molecule has 0 aliphatic carbocycles. The van der Waals surface area contributed by atoms with E-state index in [1.807, 2.05) is 38.1 Å². The molecule has 0 bridgehead atoms. The predicted molar refractivity (Wildman–Crippen MR) is 93.1 cm³/mol. The maximum absolute atomic E-state index is 12.4. The van der Waals surface area contributed by atoms with Crippen LogP contribution in [0.5, 0.6) is 0 Å². The van der Waals surface area contributed by atoms with Gasteiger partial charge < -0.3 is 21.3 Å². The molecule has 0 aromatic heterocycles. The van der Waals surface area contributed by atoms with Crippen molar-refractivity contribution in [2.75, 3.05) is 26.0 Å². The zero-order valence-corrected chi connectivity index (χ0v) is 14.5. The molecule has 3 amide bonds. The molecule has 6 nitrogen and oxygen atoms in total. The van der Waals surface area contributed by atoms with Gasteiger partial charge in [-0.15, -0.1) is 0 Å². The van der Waals surface area contributed by atoms with Crippen molar-refractivity contribution < 1.29 is 9.59 Å². The topological polar surface area (TPSA) is 87.5 Å². The van der Waals surface area contributed by atoms with Crippen LogP contribution in [0.3, 0.4) is 0 Å². The van der Waals surface area contributed by atoms with E-state index in [0.717, 1.165) is 5.56 Å². The molecule has 23 heavy (non-hydrogen) atoms. The fraction of sp³-hybridized carbons (Fsp3) is 0.529. The zero-order valence-electron chi connectivity index (χ0n) is 14.5. The molecule has 1 aromatic rings. The van der Waals surface area contributed by atoms with Crippen LogP contribution in [0.25, 0.3) is 0 Å². The van der Waals surface area contributed by atoms with Crippen LogP contribution in [0, 0.1) is 5.41 Å². The summed E-state index contributed by atoms with van der Waals surface area (Å²) in [6.45, 7) is 4.71. The number of nitrogens with one attached hydrogen (secondary N) is 2. The smallest absolute Gasteiger partial charge is 0.321 e. The van der Waals surface area contributed by atoms with Gasteiger partial charge in [-0.3, -0.25) is 4.79 Å². The summed E-state index contributed by atoms with van der Waals surface area (Å²) in [5.74, 6) is -0.0206. The van der Waals surface area contributed by atoms with Crippen LogP contribution in [0.4, 0.5) is 10.5 Å². The molecule has 0 radical (unpaired) electrons. The Balaban J connectivity index is 2.71. The molecule has 1 aromatic carbocycles. The maximum Gasteiger partial charge on any atom is 0.321 e. The van der Waals surface area contributed by atoms with Crippen LogP contribution in [-0.2, 0) is 11.3 Å². The average Bonchev–Trinajstić information content (AvgIpc) is 2.55. The van der Waals surface area contributed by atoms with Crippen molar-refractivity contribution in [3.8, 4) is 0 Å². The Bertz CT molecular complexity index is 531. The van der Waals surface area contributed by atoms with Gasteiger partial charge in [0.05, 0.1) is 5.41 Å². The summed E-state index contributed by atoms with van der Waals surface area (Å²) in [5, 5.41) is 5.74. The fourth-order valence-electron chi connectivity index (χ4n) is 2.32. The molecule has 0 unspecified atom stereocenters. The van der Waals surface area contributed by atoms with E-state index < -0.39 is 5.41 Å². The first kappa shape index (κ1) is 19.0. The number of hydrogen-bond donors (Lipinski definition) is 3. The normalized spacial score (nSPS) is 11.0. The van der Waals surface area contributed by atoms with Crippen molar-refractivity contribution in [1.29, 1.82) is 0 Å². The van der Waals surface area contributed by atoms with Gasteiger partial charge in [0.2, 0.25) is 5.91 Å². The van der Waals surface area contributed by atoms with Gasteiger partial charge >= 0.3 is 6.03 Å². The molecule has 1 rings (SSSR count). The molecule has 0 saturated heterocycles. The number of nitrogens with two attached hydrogens (primary N) is 1. The quantitative estimate of drug-likeness (QED) is 0.719. The largest absolute Gasteiger partial charge is 0.352 e. The SMILES string of the molecule is CCC(CC)(CN)C(=O)NCc1cccc(NC(=O)N(C)C)c1. The van der Waals surface area contributed by atoms with Gasteiger partial charge in [0.1, 0.15) is 0 Å². The highest BCUT2D eigenvalue weighted by Gasteiger charge is 2.32. The second-order valence-electron chi connectivity index (χ2n) is 5.90. The molecule has 0 spiro atoms. The Hall–Kier alpha value is -2.08. The van der Waals surface area contributed by atoms with E-state index in [1.165, 1.54) is 4.90 Å². The lowest BCUT2D eigenvalue weighted by Crippen LogP contribution is -2.45. The summed E-state index contributed by atoms with van der Waals surface area (Å²) in [6.07, 6.45) is 1.43. The minimum atomic E-state index is -0.503. The first-order chi connectivity index (χ1) is 10.9. The molecule has 6 heteroatoms. The summed E-state index contributed by atoms with van der Waals surface area (Å²) >= 11 is 0. The summed E-state index contributed by atoms with van der Waals surface area (Å²) in [6, 6.07) is 7.24. The molecule has 0 atom stereocenters. The number of carbonyl (C=O) groups excluding carboxylic acids is 2. The number of amides is 3. The van der Waals surface area contributed by atoms with Crippen molar-refractivity contribution in [2.45, 2.75) is 33.2 Å². The number of anilines is 1. The van der Waals surface area contributed by atoms with Crippen molar-refractivity contribution >= 4 is 17.6 Å². The number of urea groups is 1. The van der Waals surface area contributed by atoms with Crippen LogP contribution >= 0.6 is 0 Å². The van der Waals surface area contributed by atoms with Gasteiger partial charge in [0.15, 0.2) is 0 Å². The Kier molecular flexibility index (Phi) is 7.03. The summed E-state index contributed by atoms with van der Waals surface area (Å²) < 4.78 is 0. The number of rotatable bonds is 7. The molecular formula is C17H28N4O2. The highest BCUT2D eigenvalue weighted by molar-refractivity contribution is 5.89. The van der Waals surface area contributed by atoms with Gasteiger partial charge in [0.25, 0.3) is 0 Å². The van der Waals surface area contributed by atoms with Gasteiger partial charge in [-0.1, -0.05) is 26.0 Å². The first-order valence-electron chi connectivity index (χ1n) is 7.94. The molecule has 128 valence electrons. The van der Waals surface area contributed by atoms with E-state index in [0.29, 0.717) is 31.6 Å². The van der Waals surface area contributed by atoms with E-state index in [9.17, 15) is 9.59 Å². The van der Waals surface area contributed by atoms with E-state index in [2.05, 4.69) is 10.6 Å². The zero-order chi connectivity index (χ0) is 17.5. The Labute approximate surface area is 138 Å². The standard InChI is InChI=1S/C17H28N4O2/c1-5-17(6-2,12-18)15(22)19-11-13-8-7-9-14(10-13)20-16(23)21(3)4/h7-10H,5-6,11-12,18H2,1-4H3,(H,19,22)(H,20,23). The molecule has 0 heterocycles. The van der Waals surface area contributed by atoms with Crippen molar-refractivity contribution in [3.05, 3.63) is 29.8 Å². The molecule has 0 fully saturated rings. The summed E-state index contributed by atoms with van der Waals surface area (Å²) in [4.78, 5) is 25.5. The van der Waals surface area contributed by atoms with Crippen LogP contribution in [-0.4, -0.2) is 37.5 Å². The summed E-state index contributed by atoms with van der Waals surface area (Å²) in [5.41, 5.74) is 6.91. The molecular weight excluding hydrogens is 292 g/mol. The lowest BCUT2D eigenvalue weighted by Gasteiger charge is -2.28. The third-order valence-electron chi connectivity index (χ3n) is 4.26. The highest BCUT2D eigenvalue weighted by atomic mass is 16.2. The third kappa shape index (κ3) is 4.96. The van der Waals surface area contributed by atoms with E-state index in [4.69, 9.17) is 5.73 Å². The summed E-state index contributed by atoms with van der Waals surface area (Å²) in [7, 11) is 3.36. The van der Waals surface area contributed by atoms with Crippen LogP contribution < -0.4 is 16.4 Å². The van der Waals surface area contributed by atoms with Gasteiger partial charge in [-0.25, -0.2) is 4.79 Å². The Morgan fingerprint density at radius 1 is 1.22 bits per heavy atom. The lowest BCUT2D eigenvalue weighted by atomic mass is 9.81. The fourth-order valence-corrected chi connectivity index (χ4v) is 2.32. The first-order valence-corrected chi connectivity index (χ1v) is 7.94. The molecule has 0 saturated carbocycles. The Morgan fingerprint density at radius 3 is 2.39 bits per heavy atom. The minimum Gasteiger partial charge on any atom is -0.352 e. The number of nitrogens with zero attached hydrogens (tertiary/aromatic N) is 1. The van der Waals surface area contributed by atoms with Crippen molar-refractivity contribution in [1.82, 2.24) is 10.2 Å². The van der Waals surface area contributed by atoms with Crippen LogP contribution in [0.1, 0.15) is 32.3 Å². The van der Waals surface area contributed by atoms with Crippen LogP contribution in [0.2, 0.25) is 0 Å². The van der Waals surface area contributed by atoms with E-state index in [1.54, 1.807) is 14.1 Å². The van der Waals surface area contributed by atoms with Gasteiger partial charge in [-0.2, -0.15) is 0 Å².